The molecule has 2 rings (SSSR count). The van der Waals surface area contributed by atoms with Crippen molar-refractivity contribution in [3.63, 3.8) is 0 Å². The van der Waals surface area contributed by atoms with Crippen LogP contribution >= 0.6 is 0 Å². The summed E-state index contributed by atoms with van der Waals surface area (Å²) >= 11 is 0. The summed E-state index contributed by atoms with van der Waals surface area (Å²) in [4.78, 5) is 24.5. The molecule has 1 heterocycles. The lowest BCUT2D eigenvalue weighted by atomic mass is 10.2. The fourth-order valence-electron chi connectivity index (χ4n) is 2.21. The Bertz CT molecular complexity index is 564. The Labute approximate surface area is 129 Å². The molecule has 1 saturated heterocycles. The van der Waals surface area contributed by atoms with Crippen molar-refractivity contribution >= 4 is 12.1 Å². The number of carboxylic acids is 1. The highest BCUT2D eigenvalue weighted by atomic mass is 16.6. The molecule has 22 heavy (non-hydrogen) atoms. The number of carbonyl (C=O) groups excluding carboxylic acids is 1. The molecule has 6 nitrogen and oxygen atoms in total. The number of ether oxygens (including phenoxy) is 2. The topological polar surface area (TPSA) is 76.1 Å². The Morgan fingerprint density at radius 2 is 2.05 bits per heavy atom. The van der Waals surface area contributed by atoms with E-state index in [1.807, 2.05) is 20.8 Å². The van der Waals surface area contributed by atoms with E-state index >= 15 is 0 Å². The van der Waals surface area contributed by atoms with Crippen molar-refractivity contribution in [1.82, 2.24) is 4.90 Å². The molecule has 0 unspecified atom stereocenters. The van der Waals surface area contributed by atoms with Crippen LogP contribution in [0.15, 0.2) is 24.3 Å². The lowest BCUT2D eigenvalue weighted by molar-refractivity contribution is 0.0275. The summed E-state index contributed by atoms with van der Waals surface area (Å²) in [7, 11) is 0. The summed E-state index contributed by atoms with van der Waals surface area (Å²) in [5.74, 6) is -0.497. The maximum Gasteiger partial charge on any atom is 0.410 e. The molecule has 120 valence electrons. The van der Waals surface area contributed by atoms with Crippen LogP contribution in [0.4, 0.5) is 4.79 Å². The molecule has 6 heteroatoms. The Balaban J connectivity index is 1.92. The van der Waals surface area contributed by atoms with Gasteiger partial charge in [0.1, 0.15) is 17.5 Å². The molecule has 1 aromatic rings. The fourth-order valence-corrected chi connectivity index (χ4v) is 2.21. The van der Waals surface area contributed by atoms with Crippen molar-refractivity contribution in [3.8, 4) is 5.75 Å². The second kappa shape index (κ2) is 6.25. The Morgan fingerprint density at radius 3 is 2.68 bits per heavy atom. The molecular weight excluding hydrogens is 286 g/mol. The Hall–Kier alpha value is -2.24. The Morgan fingerprint density at radius 1 is 1.32 bits per heavy atom. The van der Waals surface area contributed by atoms with Gasteiger partial charge in [-0.3, -0.25) is 0 Å². The smallest absolute Gasteiger partial charge is 0.410 e. The van der Waals surface area contributed by atoms with Crippen molar-refractivity contribution < 1.29 is 24.2 Å². The summed E-state index contributed by atoms with van der Waals surface area (Å²) in [6.07, 6.45) is 0.186. The van der Waals surface area contributed by atoms with Crippen LogP contribution in [-0.4, -0.2) is 46.9 Å². The van der Waals surface area contributed by atoms with Crippen LogP contribution in [0.5, 0.6) is 5.75 Å². The minimum atomic E-state index is -0.993. The standard InChI is InChI=1S/C16H21NO5/c1-16(2,3)22-15(20)17-8-7-13(10-17)21-12-6-4-5-11(9-12)14(18)19/h4-6,9,13H,7-8,10H2,1-3H3,(H,18,19)/t13-/m1/s1. The van der Waals surface area contributed by atoms with Gasteiger partial charge in [-0.05, 0) is 39.0 Å². The van der Waals surface area contributed by atoms with E-state index in [2.05, 4.69) is 0 Å². The first-order valence-electron chi connectivity index (χ1n) is 7.22. The molecule has 0 bridgehead atoms. The third-order valence-electron chi connectivity index (χ3n) is 3.18. The number of aromatic carboxylic acids is 1. The van der Waals surface area contributed by atoms with Gasteiger partial charge in [-0.25, -0.2) is 9.59 Å². The van der Waals surface area contributed by atoms with E-state index in [4.69, 9.17) is 14.6 Å². The molecule has 0 saturated carbocycles. The molecule has 1 fully saturated rings. The summed E-state index contributed by atoms with van der Waals surface area (Å²) in [6, 6.07) is 6.34. The van der Waals surface area contributed by atoms with Crippen LogP contribution in [-0.2, 0) is 4.74 Å². The van der Waals surface area contributed by atoms with Crippen molar-refractivity contribution in [1.29, 1.82) is 0 Å². The molecule has 1 atom stereocenters. The van der Waals surface area contributed by atoms with Crippen LogP contribution in [0.2, 0.25) is 0 Å². The zero-order valence-electron chi connectivity index (χ0n) is 13.0. The quantitative estimate of drug-likeness (QED) is 0.929. The molecule has 1 aliphatic heterocycles. The summed E-state index contributed by atoms with van der Waals surface area (Å²) in [5, 5.41) is 8.97. The monoisotopic (exact) mass is 307 g/mol. The van der Waals surface area contributed by atoms with E-state index < -0.39 is 11.6 Å². The van der Waals surface area contributed by atoms with E-state index in [9.17, 15) is 9.59 Å². The van der Waals surface area contributed by atoms with Gasteiger partial charge in [-0.2, -0.15) is 0 Å². The van der Waals surface area contributed by atoms with Gasteiger partial charge in [0.05, 0.1) is 12.1 Å². The van der Waals surface area contributed by atoms with Gasteiger partial charge in [-0.15, -0.1) is 0 Å². The van der Waals surface area contributed by atoms with Gasteiger partial charge in [-0.1, -0.05) is 6.07 Å². The molecule has 1 N–H and O–H groups in total. The maximum absolute atomic E-state index is 12.0. The number of likely N-dealkylation sites (tertiary alicyclic amines) is 1. The third-order valence-corrected chi connectivity index (χ3v) is 3.18. The normalized spacial score (nSPS) is 18.1. The van der Waals surface area contributed by atoms with Crippen LogP contribution in [0.3, 0.4) is 0 Å². The largest absolute Gasteiger partial charge is 0.488 e. The zero-order valence-corrected chi connectivity index (χ0v) is 13.0. The van der Waals surface area contributed by atoms with E-state index in [0.717, 1.165) is 0 Å². The Kier molecular flexibility index (Phi) is 4.59. The number of carbonyl (C=O) groups is 2. The fraction of sp³-hybridized carbons (Fsp3) is 0.500. The molecular formula is C16H21NO5. The van der Waals surface area contributed by atoms with Crippen LogP contribution in [0, 0.1) is 0 Å². The number of nitrogens with zero attached hydrogens (tertiary/aromatic N) is 1. The van der Waals surface area contributed by atoms with Gasteiger partial charge >= 0.3 is 12.1 Å². The first-order chi connectivity index (χ1) is 10.2. The summed E-state index contributed by atoms with van der Waals surface area (Å²) in [5.41, 5.74) is -0.342. The number of benzene rings is 1. The molecule has 0 aromatic heterocycles. The molecule has 1 aliphatic rings. The molecule has 0 spiro atoms. The maximum atomic E-state index is 12.0. The highest BCUT2D eigenvalue weighted by Crippen LogP contribution is 2.21. The van der Waals surface area contributed by atoms with Crippen molar-refractivity contribution in [2.75, 3.05) is 13.1 Å². The predicted molar refractivity (Wildman–Crippen MR) is 80.2 cm³/mol. The number of hydrogen-bond acceptors (Lipinski definition) is 4. The lowest BCUT2D eigenvalue weighted by Gasteiger charge is -2.24. The van der Waals surface area contributed by atoms with Gasteiger partial charge in [0, 0.05) is 13.0 Å². The number of amides is 1. The van der Waals surface area contributed by atoms with Crippen molar-refractivity contribution in [2.45, 2.75) is 38.9 Å². The molecule has 0 aliphatic carbocycles. The summed E-state index contributed by atoms with van der Waals surface area (Å²) in [6.45, 7) is 6.48. The first-order valence-corrected chi connectivity index (χ1v) is 7.22. The predicted octanol–water partition coefficient (Wildman–Crippen LogP) is 2.77. The van der Waals surface area contributed by atoms with Crippen LogP contribution in [0.1, 0.15) is 37.6 Å². The highest BCUT2D eigenvalue weighted by molar-refractivity contribution is 5.88. The number of rotatable bonds is 3. The lowest BCUT2D eigenvalue weighted by Crippen LogP contribution is -2.36. The van der Waals surface area contributed by atoms with E-state index in [1.165, 1.54) is 12.1 Å². The SMILES string of the molecule is CC(C)(C)OC(=O)N1CC[C@@H](Oc2cccc(C(=O)O)c2)C1. The number of hydrogen-bond donors (Lipinski definition) is 1. The average Bonchev–Trinajstić information content (AvgIpc) is 2.85. The molecule has 1 aromatic carbocycles. The zero-order chi connectivity index (χ0) is 16.3. The second-order valence-corrected chi connectivity index (χ2v) is 6.29. The van der Waals surface area contributed by atoms with Gasteiger partial charge < -0.3 is 19.5 Å². The highest BCUT2D eigenvalue weighted by Gasteiger charge is 2.30. The second-order valence-electron chi connectivity index (χ2n) is 6.29. The molecule has 1 amide bonds. The molecule has 0 radical (unpaired) electrons. The van der Waals surface area contributed by atoms with Crippen molar-refractivity contribution in [3.05, 3.63) is 29.8 Å². The number of carboxylic acid groups (broad SMARTS) is 1. The van der Waals surface area contributed by atoms with Gasteiger partial charge in [0.2, 0.25) is 0 Å². The van der Waals surface area contributed by atoms with E-state index in [0.29, 0.717) is 25.3 Å². The van der Waals surface area contributed by atoms with Gasteiger partial charge in [0.15, 0.2) is 0 Å². The van der Waals surface area contributed by atoms with E-state index in [1.54, 1.807) is 17.0 Å². The van der Waals surface area contributed by atoms with Crippen molar-refractivity contribution in [2.24, 2.45) is 0 Å². The van der Waals surface area contributed by atoms with E-state index in [-0.39, 0.29) is 17.8 Å². The third kappa shape index (κ3) is 4.38. The average molecular weight is 307 g/mol. The minimum Gasteiger partial charge on any atom is -0.488 e. The summed E-state index contributed by atoms with van der Waals surface area (Å²) < 4.78 is 11.1. The minimum absolute atomic E-state index is 0.156. The van der Waals surface area contributed by atoms with Gasteiger partial charge in [0.25, 0.3) is 0 Å². The van der Waals surface area contributed by atoms with Crippen LogP contribution in [0.25, 0.3) is 0 Å². The first kappa shape index (κ1) is 16.1. The van der Waals surface area contributed by atoms with Crippen LogP contribution < -0.4 is 4.74 Å².